The summed E-state index contributed by atoms with van der Waals surface area (Å²) in [6, 6.07) is 42.0. The molecule has 1 unspecified atom stereocenters. The van der Waals surface area contributed by atoms with E-state index in [1.807, 2.05) is 28.8 Å². The minimum Gasteiger partial charge on any atom is -0.508 e. The summed E-state index contributed by atoms with van der Waals surface area (Å²) in [4.78, 5) is 149. The number of Topliss-reactive ketones (excluding diaryl/α,β-unsaturated/α-hetero) is 3. The summed E-state index contributed by atoms with van der Waals surface area (Å²) in [7, 11) is 0. The molecule has 2 saturated carbocycles. The molecular formula is C109H112F7N13O14. The van der Waals surface area contributed by atoms with Crippen LogP contribution in [-0.2, 0) is 102 Å². The van der Waals surface area contributed by atoms with Crippen molar-refractivity contribution in [2.75, 3.05) is 26.2 Å². The van der Waals surface area contributed by atoms with Gasteiger partial charge < -0.3 is 74.1 Å². The van der Waals surface area contributed by atoms with Crippen LogP contribution in [0, 0.1) is 74.1 Å². The van der Waals surface area contributed by atoms with Gasteiger partial charge in [-0.15, -0.1) is 0 Å². The lowest BCUT2D eigenvalue weighted by Gasteiger charge is -2.34. The first-order valence-corrected chi connectivity index (χ1v) is 48.2. The first kappa shape index (κ1) is 101. The average Bonchev–Trinajstić information content (AvgIpc) is 1.59. The van der Waals surface area contributed by atoms with E-state index in [-0.39, 0.29) is 155 Å². The number of halogens is 7. The van der Waals surface area contributed by atoms with Gasteiger partial charge in [-0.05, 0) is 157 Å². The lowest BCUT2D eigenvalue weighted by atomic mass is 9.84. The largest absolute Gasteiger partial charge is 0.508 e. The summed E-state index contributed by atoms with van der Waals surface area (Å²) in [6.45, 7) is 8.38. The van der Waals surface area contributed by atoms with Crippen LogP contribution in [0.2, 0.25) is 0 Å². The van der Waals surface area contributed by atoms with Crippen molar-refractivity contribution in [1.29, 1.82) is 5.26 Å². The Morgan fingerprint density at radius 3 is 1.38 bits per heavy atom. The maximum absolute atomic E-state index is 15.3. The number of carbonyl (C=O) groups is 11. The zero-order chi connectivity index (χ0) is 102. The van der Waals surface area contributed by atoms with E-state index in [1.165, 1.54) is 52.6 Å². The molecule has 6 N–H and O–H groups in total. The van der Waals surface area contributed by atoms with Crippen molar-refractivity contribution in [1.82, 2.24) is 59.1 Å². The van der Waals surface area contributed by atoms with Gasteiger partial charge in [0.05, 0.1) is 42.8 Å². The minimum absolute atomic E-state index is 0.0183. The number of phenols is 2. The summed E-state index contributed by atoms with van der Waals surface area (Å²) in [5.41, 5.74) is 8.58. The number of nitrogens with one attached hydrogen (secondary N) is 4. The van der Waals surface area contributed by atoms with E-state index in [9.17, 15) is 94.6 Å². The number of amides is 8. The van der Waals surface area contributed by atoms with Gasteiger partial charge in [0.15, 0.2) is 17.3 Å². The molecule has 4 aromatic heterocycles. The van der Waals surface area contributed by atoms with Crippen molar-refractivity contribution in [2.24, 2.45) is 11.8 Å². The molecule has 12 aromatic rings. The van der Waals surface area contributed by atoms with Gasteiger partial charge >= 0.3 is 0 Å². The topological polar surface area (TPSA) is 342 Å². The van der Waals surface area contributed by atoms with Crippen LogP contribution in [0.4, 0.5) is 30.7 Å². The van der Waals surface area contributed by atoms with E-state index >= 15 is 4.39 Å². The van der Waals surface area contributed by atoms with Crippen LogP contribution in [0.5, 0.6) is 11.5 Å². The van der Waals surface area contributed by atoms with E-state index in [4.69, 9.17) is 4.74 Å². The van der Waals surface area contributed by atoms with Crippen molar-refractivity contribution < 1.29 is 98.4 Å². The van der Waals surface area contributed by atoms with Gasteiger partial charge in [0.25, 0.3) is 0 Å². The molecule has 8 heterocycles. The number of likely N-dealkylation sites (tertiary alicyclic amines) is 4. The molecule has 27 nitrogen and oxygen atoms in total. The van der Waals surface area contributed by atoms with Crippen molar-refractivity contribution in [3.05, 3.63) is 272 Å². The number of aryl methyl sites for hydroxylation is 4. The Bertz CT molecular complexity index is 7020. The molecule has 0 spiro atoms. The van der Waals surface area contributed by atoms with Crippen LogP contribution in [0.3, 0.4) is 0 Å². The van der Waals surface area contributed by atoms with Crippen LogP contribution in [0.1, 0.15) is 171 Å². The Morgan fingerprint density at radius 2 is 0.888 bits per heavy atom. The third kappa shape index (κ3) is 22.1. The second-order valence-electron chi connectivity index (χ2n) is 38.1. The minimum atomic E-state index is -1.59. The summed E-state index contributed by atoms with van der Waals surface area (Å²) in [5, 5.41) is 43.0. The van der Waals surface area contributed by atoms with Gasteiger partial charge in [0, 0.05) is 159 Å². The lowest BCUT2D eigenvalue weighted by molar-refractivity contribution is -0.142. The average molecular weight is 1960 g/mol. The number of alkyl halides is 3. The van der Waals surface area contributed by atoms with E-state index in [1.54, 1.807) is 169 Å². The van der Waals surface area contributed by atoms with Crippen molar-refractivity contribution in [2.45, 2.75) is 226 Å². The second kappa shape index (κ2) is 43.8. The predicted molar refractivity (Wildman–Crippen MR) is 519 cm³/mol. The fourth-order valence-corrected chi connectivity index (χ4v) is 20.7. The Kier molecular flexibility index (Phi) is 31.0. The summed E-state index contributed by atoms with van der Waals surface area (Å²) in [6.07, 6.45) is 7.48. The third-order valence-corrected chi connectivity index (χ3v) is 28.3. The van der Waals surface area contributed by atoms with Gasteiger partial charge in [0.1, 0.15) is 116 Å². The zero-order valence-electron chi connectivity index (χ0n) is 80.0. The molecule has 4 aliphatic heterocycles. The third-order valence-electron chi connectivity index (χ3n) is 28.3. The number of para-hydroxylation sites is 2. The number of aromatic nitrogens is 4. The van der Waals surface area contributed by atoms with Crippen LogP contribution in [-0.4, -0.2) is 194 Å². The molecule has 0 bridgehead atoms. The molecule has 0 radical (unpaired) electrons. The molecule has 8 amide bonds. The van der Waals surface area contributed by atoms with Crippen LogP contribution >= 0.6 is 0 Å². The van der Waals surface area contributed by atoms with Crippen LogP contribution < -0.4 is 21.3 Å². The van der Waals surface area contributed by atoms with E-state index in [2.05, 4.69) is 27.3 Å². The number of hydrogen-bond donors (Lipinski definition) is 6. The maximum Gasteiger partial charge on any atom is 0.245 e. The van der Waals surface area contributed by atoms with Crippen LogP contribution in [0.25, 0.3) is 43.6 Å². The first-order valence-electron chi connectivity index (χ1n) is 48.2. The quantitative estimate of drug-likeness (QED) is 0.0229. The molecule has 8 aromatic carbocycles. The van der Waals surface area contributed by atoms with Gasteiger partial charge in [-0.1, -0.05) is 122 Å². The Balaban J connectivity index is 0.000000137. The van der Waals surface area contributed by atoms with Crippen molar-refractivity contribution in [3.63, 3.8) is 0 Å². The molecule has 4 saturated heterocycles. The maximum atomic E-state index is 15.3. The molecule has 143 heavy (non-hydrogen) atoms. The molecular weight excluding hydrogens is 1850 g/mol. The van der Waals surface area contributed by atoms with Crippen LogP contribution in [0.15, 0.2) is 176 Å². The number of fused-ring (bicyclic) bond motifs is 7. The SMILES string of the molecule is CC(=O)c1cn(CC(=O)N2CC(F)[C@@H](OCC3CC3)[C@H]2C(=O)NCc2cccc(C)c2F)c2cc(O)ccc12.CC(=O)c1cn(CC(=O)N2[C@H](C(=O)NCc3cccc(C)c3F)C[C@@H]3CCCC[C@@H]32)c2cc(O)ccc12.Cc1cccc(CNC(=O)[C@@H]2C[C@@H](F)CN2C(=O)Cn2c3c(c4ccccc42)C(=O)CCC3)c1F.Cc1cccc(CNC(=O)[C@@H]2C[C@@H](F)CN2C(=O)Cn2cc(C#N)c3ccccc32)c1F. The fraction of sp³-hybridized carbons (Fsp3) is 0.376. The van der Waals surface area contributed by atoms with Gasteiger partial charge in [-0.2, -0.15) is 5.26 Å². The predicted octanol–water partition coefficient (Wildman–Crippen LogP) is 15.2. The molecule has 7 aliphatic rings. The smallest absolute Gasteiger partial charge is 0.245 e. The highest BCUT2D eigenvalue weighted by molar-refractivity contribution is 6.11. The number of ketones is 3. The van der Waals surface area contributed by atoms with Crippen molar-refractivity contribution in [3.8, 4) is 17.6 Å². The normalized spacial score (nSPS) is 20.0. The number of ether oxygens (including phenoxy) is 1. The van der Waals surface area contributed by atoms with E-state index < -0.39 is 95.8 Å². The number of carbonyl (C=O) groups excluding carboxylic acids is 11. The zero-order valence-corrected chi connectivity index (χ0v) is 80.0. The van der Waals surface area contributed by atoms with E-state index in [0.29, 0.717) is 127 Å². The highest BCUT2D eigenvalue weighted by atomic mass is 19.2. The monoisotopic (exact) mass is 1960 g/mol. The molecule has 3 aliphatic carbocycles. The number of nitrogens with zero attached hydrogens (tertiary/aromatic N) is 9. The highest BCUT2D eigenvalue weighted by Crippen LogP contribution is 2.42. The Labute approximate surface area is 820 Å². The summed E-state index contributed by atoms with van der Waals surface area (Å²) < 4.78 is 114. The summed E-state index contributed by atoms with van der Waals surface area (Å²) >= 11 is 0. The van der Waals surface area contributed by atoms with Gasteiger partial charge in [0.2, 0.25) is 47.3 Å². The Morgan fingerprint density at radius 1 is 0.448 bits per heavy atom. The standard InChI is InChI=1S/C29H31F2N3O5.C29H32FN3O4.C27H27F2N3O3.C24H22F2N4O2/c1-16-4-3-5-19(26(16)31)11-32-29(38)27-28(39-15-18-6-7-18)23(30)13-34(27)25(37)14-33-12-22(17(2)35)21-9-8-20(36)10-24(21)33;1-17-6-5-8-20(28(17)30)14-31-29(37)26-12-19-7-3-4-9-24(19)33(26)27(36)16-32-15-23(18(2)34)22-11-10-21(35)13-25(22)32;1-16-6-4-7-17(26(16)29)13-30-27(35)22-12-18(28)14-32(22)24(34)15-31-20-9-3-2-8-19(20)25-21(31)10-5-11-23(25)33;1-15-5-4-6-16(23(15)26)11-28-24(32)21-9-18(25)13-30(21)22(31)14-29-12-17(10-27)19-7-2-3-8-20(19)29/h3-5,8-10,12,18,23,27-28,36H,6-7,11,13-15H2,1-2H3,(H,32,38);5-6,8,10-11,13,15,19,24,26,35H,3-4,7,9,12,14,16H2,1-2H3,(H,31,37);2-4,6-9,18,22H,5,10-15H2,1H3,(H,30,35);2-8,12,18,21H,9,11,13-14H2,1H3,(H,28,32)/t23?,27-,28+;19-,24-,26-;18-,22+;18-,21+/m0011/s1. The number of nitriles is 1. The lowest BCUT2D eigenvalue weighted by Crippen LogP contribution is -2.51. The fourth-order valence-electron chi connectivity index (χ4n) is 20.7. The first-order chi connectivity index (χ1) is 68.6. The highest BCUT2D eigenvalue weighted by Gasteiger charge is 2.51. The Hall–Kier alpha value is -14.8. The molecule has 19 rings (SSSR count). The number of phenolic OH excluding ortho intramolecular Hbond substituents is 2. The number of benzene rings is 8. The molecule has 746 valence electrons. The second-order valence-corrected chi connectivity index (χ2v) is 38.1. The van der Waals surface area contributed by atoms with Gasteiger partial charge in [-0.3, -0.25) is 52.7 Å². The number of aromatic hydroxyl groups is 2. The van der Waals surface area contributed by atoms with Gasteiger partial charge in [-0.25, -0.2) is 30.7 Å². The molecule has 6 fully saturated rings. The summed E-state index contributed by atoms with van der Waals surface area (Å²) in [5.74, 6) is -4.75. The van der Waals surface area contributed by atoms with E-state index in [0.717, 1.165) is 65.4 Å². The molecule has 10 atom stereocenters. The van der Waals surface area contributed by atoms with Crippen molar-refractivity contribution >= 4 is 108 Å². The molecule has 34 heteroatoms. The number of hydrogen-bond acceptors (Lipinski definition) is 15. The number of rotatable bonds is 25.